The third-order valence-corrected chi connectivity index (χ3v) is 4.21. The summed E-state index contributed by atoms with van der Waals surface area (Å²) in [6, 6.07) is 11.4. The van der Waals surface area contributed by atoms with Crippen LogP contribution in [0.2, 0.25) is 0 Å². The molecule has 1 heterocycles. The lowest BCUT2D eigenvalue weighted by molar-refractivity contribution is 0.395. The standard InChI is InChI=1S/C18H16FNO2S/c19-15-10-14(20)4-6-17(15)22-18-5-3-12(9-16(18)21)1-2-13-7-8-23-11-13/h3-11,21H,1-2,20H2. The Hall–Kier alpha value is -2.53. The first-order chi connectivity index (χ1) is 11.1. The van der Waals surface area contributed by atoms with E-state index in [4.69, 9.17) is 10.5 Å². The number of aryl methyl sites for hydroxylation is 2. The van der Waals surface area contributed by atoms with E-state index in [0.717, 1.165) is 18.4 Å². The van der Waals surface area contributed by atoms with E-state index in [2.05, 4.69) is 11.4 Å². The highest BCUT2D eigenvalue weighted by molar-refractivity contribution is 7.07. The van der Waals surface area contributed by atoms with Crippen LogP contribution in [0, 0.1) is 5.82 Å². The van der Waals surface area contributed by atoms with Crippen LogP contribution in [0.4, 0.5) is 10.1 Å². The van der Waals surface area contributed by atoms with Crippen molar-refractivity contribution in [2.75, 3.05) is 5.73 Å². The summed E-state index contributed by atoms with van der Waals surface area (Å²) in [5.41, 5.74) is 8.10. The summed E-state index contributed by atoms with van der Waals surface area (Å²) in [4.78, 5) is 0. The van der Waals surface area contributed by atoms with Crippen LogP contribution in [0.5, 0.6) is 17.2 Å². The molecule has 0 spiro atoms. The van der Waals surface area contributed by atoms with Crippen molar-refractivity contribution in [3.05, 3.63) is 70.2 Å². The minimum absolute atomic E-state index is 0.0101. The fraction of sp³-hybridized carbons (Fsp3) is 0.111. The summed E-state index contributed by atoms with van der Waals surface area (Å²) in [6.45, 7) is 0. The Kier molecular flexibility index (Phi) is 4.48. The Balaban J connectivity index is 1.71. The number of aromatic hydroxyl groups is 1. The summed E-state index contributed by atoms with van der Waals surface area (Å²) in [7, 11) is 0. The molecule has 0 aliphatic rings. The van der Waals surface area contributed by atoms with Gasteiger partial charge in [-0.05, 0) is 65.1 Å². The number of hydrogen-bond donors (Lipinski definition) is 2. The molecule has 23 heavy (non-hydrogen) atoms. The molecule has 0 saturated heterocycles. The first kappa shape index (κ1) is 15.4. The molecule has 0 unspecified atom stereocenters. The lowest BCUT2D eigenvalue weighted by atomic mass is 10.1. The van der Waals surface area contributed by atoms with Crippen molar-refractivity contribution in [2.24, 2.45) is 0 Å². The number of ether oxygens (including phenoxy) is 1. The number of phenolic OH excluding ortho intramolecular Hbond substituents is 1. The number of nitrogen functional groups attached to an aromatic ring is 1. The van der Waals surface area contributed by atoms with Gasteiger partial charge in [-0.1, -0.05) is 6.07 Å². The Morgan fingerprint density at radius 3 is 2.48 bits per heavy atom. The highest BCUT2D eigenvalue weighted by Gasteiger charge is 2.09. The number of rotatable bonds is 5. The first-order valence-electron chi connectivity index (χ1n) is 7.17. The highest BCUT2D eigenvalue weighted by atomic mass is 32.1. The molecule has 3 nitrogen and oxygen atoms in total. The smallest absolute Gasteiger partial charge is 0.169 e. The number of hydrogen-bond acceptors (Lipinski definition) is 4. The van der Waals surface area contributed by atoms with Gasteiger partial charge in [-0.25, -0.2) is 4.39 Å². The number of anilines is 1. The second-order valence-electron chi connectivity index (χ2n) is 5.23. The fourth-order valence-electron chi connectivity index (χ4n) is 2.25. The molecule has 2 aromatic carbocycles. The predicted octanol–water partition coefficient (Wildman–Crippen LogP) is 4.75. The van der Waals surface area contributed by atoms with Crippen LogP contribution in [-0.2, 0) is 12.8 Å². The molecule has 0 saturated carbocycles. The topological polar surface area (TPSA) is 55.5 Å². The minimum Gasteiger partial charge on any atom is -0.504 e. The molecule has 0 fully saturated rings. The lowest BCUT2D eigenvalue weighted by Crippen LogP contribution is -1.93. The van der Waals surface area contributed by atoms with E-state index in [9.17, 15) is 9.50 Å². The van der Waals surface area contributed by atoms with E-state index >= 15 is 0 Å². The quantitative estimate of drug-likeness (QED) is 0.664. The van der Waals surface area contributed by atoms with Gasteiger partial charge in [-0.15, -0.1) is 0 Å². The van der Waals surface area contributed by atoms with Crippen LogP contribution >= 0.6 is 11.3 Å². The third-order valence-electron chi connectivity index (χ3n) is 3.48. The fourth-order valence-corrected chi connectivity index (χ4v) is 2.95. The largest absolute Gasteiger partial charge is 0.504 e. The van der Waals surface area contributed by atoms with E-state index in [1.807, 2.05) is 11.4 Å². The Bertz CT molecular complexity index is 803. The highest BCUT2D eigenvalue weighted by Crippen LogP contribution is 2.33. The van der Waals surface area contributed by atoms with Gasteiger partial charge in [-0.2, -0.15) is 11.3 Å². The Morgan fingerprint density at radius 1 is 1.00 bits per heavy atom. The molecule has 1 aromatic heterocycles. The second-order valence-corrected chi connectivity index (χ2v) is 6.01. The van der Waals surface area contributed by atoms with Crippen LogP contribution in [0.3, 0.4) is 0 Å². The molecule has 3 aromatic rings. The van der Waals surface area contributed by atoms with Gasteiger partial charge in [0.25, 0.3) is 0 Å². The SMILES string of the molecule is Nc1ccc(Oc2ccc(CCc3ccsc3)cc2O)c(F)c1. The molecular formula is C18H16FNO2S. The number of phenols is 1. The molecule has 118 valence electrons. The molecule has 3 rings (SSSR count). The van der Waals surface area contributed by atoms with Crippen LogP contribution < -0.4 is 10.5 Å². The van der Waals surface area contributed by atoms with E-state index < -0.39 is 5.82 Å². The van der Waals surface area contributed by atoms with Gasteiger partial charge in [-0.3, -0.25) is 0 Å². The molecule has 0 aliphatic carbocycles. The molecule has 0 bridgehead atoms. The van der Waals surface area contributed by atoms with Crippen molar-refractivity contribution < 1.29 is 14.2 Å². The lowest BCUT2D eigenvalue weighted by Gasteiger charge is -2.10. The summed E-state index contributed by atoms with van der Waals surface area (Å²) in [6.07, 6.45) is 1.73. The molecule has 0 atom stereocenters. The zero-order chi connectivity index (χ0) is 16.2. The predicted molar refractivity (Wildman–Crippen MR) is 90.7 cm³/mol. The van der Waals surface area contributed by atoms with E-state index in [1.54, 1.807) is 29.5 Å². The van der Waals surface area contributed by atoms with Gasteiger partial charge in [0, 0.05) is 11.8 Å². The maximum absolute atomic E-state index is 13.7. The van der Waals surface area contributed by atoms with Crippen molar-refractivity contribution in [2.45, 2.75) is 12.8 Å². The van der Waals surface area contributed by atoms with Gasteiger partial charge in [0.05, 0.1) is 0 Å². The summed E-state index contributed by atoms with van der Waals surface area (Å²) >= 11 is 1.67. The summed E-state index contributed by atoms with van der Waals surface area (Å²) in [5, 5.41) is 14.2. The maximum atomic E-state index is 13.7. The Labute approximate surface area is 137 Å². The zero-order valence-electron chi connectivity index (χ0n) is 12.3. The van der Waals surface area contributed by atoms with Gasteiger partial charge in [0.15, 0.2) is 23.1 Å². The monoisotopic (exact) mass is 329 g/mol. The summed E-state index contributed by atoms with van der Waals surface area (Å²) in [5.74, 6) is -0.330. The van der Waals surface area contributed by atoms with Gasteiger partial charge in [0.2, 0.25) is 0 Å². The van der Waals surface area contributed by atoms with E-state index in [0.29, 0.717) is 5.69 Å². The van der Waals surface area contributed by atoms with Crippen LogP contribution in [0.25, 0.3) is 0 Å². The van der Waals surface area contributed by atoms with Crippen molar-refractivity contribution >= 4 is 17.0 Å². The molecular weight excluding hydrogens is 313 g/mol. The molecule has 3 N–H and O–H groups in total. The first-order valence-corrected chi connectivity index (χ1v) is 8.12. The van der Waals surface area contributed by atoms with Crippen molar-refractivity contribution in [3.8, 4) is 17.2 Å². The zero-order valence-corrected chi connectivity index (χ0v) is 13.1. The van der Waals surface area contributed by atoms with E-state index in [1.165, 1.54) is 17.7 Å². The minimum atomic E-state index is -0.564. The molecule has 0 amide bonds. The Morgan fingerprint density at radius 2 is 1.78 bits per heavy atom. The number of nitrogens with two attached hydrogens (primary N) is 1. The average molecular weight is 329 g/mol. The van der Waals surface area contributed by atoms with Crippen molar-refractivity contribution in [1.29, 1.82) is 0 Å². The number of thiophene rings is 1. The van der Waals surface area contributed by atoms with Crippen LogP contribution in [0.1, 0.15) is 11.1 Å². The van der Waals surface area contributed by atoms with Gasteiger partial charge in [0.1, 0.15) is 0 Å². The normalized spacial score (nSPS) is 10.7. The molecule has 5 heteroatoms. The number of halogens is 1. The maximum Gasteiger partial charge on any atom is 0.169 e. The van der Waals surface area contributed by atoms with Gasteiger partial charge >= 0.3 is 0 Å². The molecule has 0 aliphatic heterocycles. The van der Waals surface area contributed by atoms with Gasteiger partial charge < -0.3 is 15.6 Å². The third kappa shape index (κ3) is 3.81. The second kappa shape index (κ2) is 6.71. The number of benzene rings is 2. The van der Waals surface area contributed by atoms with Crippen molar-refractivity contribution in [3.63, 3.8) is 0 Å². The van der Waals surface area contributed by atoms with Crippen LogP contribution in [0.15, 0.2) is 53.2 Å². The average Bonchev–Trinajstić information content (AvgIpc) is 3.03. The van der Waals surface area contributed by atoms with Crippen LogP contribution in [-0.4, -0.2) is 5.11 Å². The van der Waals surface area contributed by atoms with Crippen molar-refractivity contribution in [1.82, 2.24) is 0 Å². The van der Waals surface area contributed by atoms with E-state index in [-0.39, 0.29) is 17.2 Å². The molecule has 0 radical (unpaired) electrons. The summed E-state index contributed by atoms with van der Waals surface area (Å²) < 4.78 is 19.2.